The zero-order valence-corrected chi connectivity index (χ0v) is 16.2. The molecule has 3 aromatic rings. The van der Waals surface area contributed by atoms with E-state index in [2.05, 4.69) is 0 Å². The molecule has 0 unspecified atom stereocenters. The van der Waals surface area contributed by atoms with Crippen molar-refractivity contribution in [1.29, 1.82) is 0 Å². The Morgan fingerprint density at radius 3 is 1.41 bits per heavy atom. The number of hydrogen-bond donors (Lipinski definition) is 2. The van der Waals surface area contributed by atoms with Crippen molar-refractivity contribution in [1.82, 2.24) is 0 Å². The molecule has 3 rings (SSSR count). The average Bonchev–Trinajstić information content (AvgIpc) is 2.67. The van der Waals surface area contributed by atoms with E-state index in [4.69, 9.17) is 3.63 Å². The molecule has 10 heteroatoms. The van der Waals surface area contributed by atoms with Crippen LogP contribution >= 0.6 is 10.3 Å². The van der Waals surface area contributed by atoms with E-state index in [1.165, 1.54) is 60.7 Å². The van der Waals surface area contributed by atoms with Crippen molar-refractivity contribution in [3.05, 3.63) is 78.9 Å². The summed E-state index contributed by atoms with van der Waals surface area (Å²) >= 11 is 0. The molecule has 0 atom stereocenters. The topological polar surface area (TPSA) is 83.8 Å². The zero-order valence-electron chi connectivity index (χ0n) is 14.6. The largest absolute Gasteiger partial charge is 0.524 e. The minimum atomic E-state index is -6.01. The van der Waals surface area contributed by atoms with Crippen LogP contribution in [-0.4, -0.2) is 24.1 Å². The van der Waals surface area contributed by atoms with Crippen molar-refractivity contribution >= 4 is 20.4 Å². The van der Waals surface area contributed by atoms with Crippen molar-refractivity contribution in [3.63, 3.8) is 0 Å². The fraction of sp³-hybridized carbons (Fsp3) is 0.0526. The average molecular weight is 444 g/mol. The Kier molecular flexibility index (Phi) is 5.52. The number of aromatic hydroxyl groups is 2. The van der Waals surface area contributed by atoms with Gasteiger partial charge in [0.1, 0.15) is 11.5 Å². The van der Waals surface area contributed by atoms with Crippen LogP contribution in [0.25, 0.3) is 0 Å². The Balaban J connectivity index is 2.39. The molecule has 5 nitrogen and oxygen atoms in total. The summed E-state index contributed by atoms with van der Waals surface area (Å²) in [4.78, 5) is 0.407. The van der Waals surface area contributed by atoms with Gasteiger partial charge in [-0.15, -0.1) is 0 Å². The van der Waals surface area contributed by atoms with Crippen LogP contribution < -0.4 is 0 Å². The van der Waals surface area contributed by atoms with Crippen LogP contribution in [0.1, 0.15) is 0 Å². The highest BCUT2D eigenvalue weighted by Gasteiger charge is 2.52. The predicted molar refractivity (Wildman–Crippen MR) is 101 cm³/mol. The van der Waals surface area contributed by atoms with E-state index < -0.39 is 25.9 Å². The van der Waals surface area contributed by atoms with Gasteiger partial charge in [-0.25, -0.2) is 0 Å². The van der Waals surface area contributed by atoms with Gasteiger partial charge in [-0.1, -0.05) is 18.2 Å². The highest BCUT2D eigenvalue weighted by molar-refractivity contribution is 8.33. The van der Waals surface area contributed by atoms with E-state index in [-0.39, 0.29) is 26.2 Å². The molecule has 0 aliphatic heterocycles. The molecule has 2 N–H and O–H groups in total. The third-order valence-electron chi connectivity index (χ3n) is 3.89. The van der Waals surface area contributed by atoms with E-state index >= 15 is 0 Å². The second kappa shape index (κ2) is 7.62. The smallest absolute Gasteiger partial charge is 0.508 e. The van der Waals surface area contributed by atoms with Gasteiger partial charge < -0.3 is 10.2 Å². The second-order valence-electron chi connectivity index (χ2n) is 5.82. The summed E-state index contributed by atoms with van der Waals surface area (Å²) < 4.78 is 69.0. The lowest BCUT2D eigenvalue weighted by Gasteiger charge is -2.39. The number of alkyl halides is 3. The summed E-state index contributed by atoms with van der Waals surface area (Å²) in [6.45, 7) is 0. The van der Waals surface area contributed by atoms with Crippen LogP contribution in [0.4, 0.5) is 13.2 Å². The monoisotopic (exact) mass is 444 g/mol. The third-order valence-corrected chi connectivity index (χ3v) is 8.80. The number of rotatable bonds is 5. The number of phenols is 2. The number of benzene rings is 3. The van der Waals surface area contributed by atoms with Crippen LogP contribution in [-0.2, 0) is 13.7 Å². The van der Waals surface area contributed by atoms with Gasteiger partial charge in [-0.3, -0.25) is 0 Å². The van der Waals surface area contributed by atoms with Gasteiger partial charge in [0.05, 0.1) is 0 Å². The molecular formula is C19H15F3O5S2. The molecule has 3 aromatic carbocycles. The lowest BCUT2D eigenvalue weighted by Crippen LogP contribution is -2.27. The normalized spacial score (nSPS) is 13.2. The summed E-state index contributed by atoms with van der Waals surface area (Å²) in [5.41, 5.74) is -5.64. The first-order chi connectivity index (χ1) is 13.6. The van der Waals surface area contributed by atoms with Crippen molar-refractivity contribution in [3.8, 4) is 11.5 Å². The van der Waals surface area contributed by atoms with Gasteiger partial charge in [-0.2, -0.15) is 25.2 Å². The maximum Gasteiger partial charge on any atom is 0.524 e. The second-order valence-corrected chi connectivity index (χ2v) is 10.3. The fourth-order valence-corrected chi connectivity index (χ4v) is 7.31. The molecule has 0 aliphatic carbocycles. The van der Waals surface area contributed by atoms with E-state index in [0.29, 0.717) is 0 Å². The molecule has 0 spiro atoms. The van der Waals surface area contributed by atoms with Crippen molar-refractivity contribution in [2.75, 3.05) is 0 Å². The molecule has 0 aliphatic rings. The lowest BCUT2D eigenvalue weighted by atomic mass is 10.3. The maximum atomic E-state index is 13.3. The molecule has 0 amide bonds. The SMILES string of the molecule is O=S(=O)(OS(c1ccccc1)(c1ccc(O)cc1)c1ccc(O)cc1)C(F)(F)F. The molecule has 29 heavy (non-hydrogen) atoms. The van der Waals surface area contributed by atoms with Gasteiger partial charge >= 0.3 is 15.6 Å². The van der Waals surface area contributed by atoms with Crippen molar-refractivity contribution in [2.24, 2.45) is 0 Å². The molecule has 0 radical (unpaired) electrons. The minimum absolute atomic E-state index is 0.111. The van der Waals surface area contributed by atoms with Crippen LogP contribution in [0.5, 0.6) is 11.5 Å². The quantitative estimate of drug-likeness (QED) is 0.531. The Labute approximate surface area is 166 Å². The highest BCUT2D eigenvalue weighted by Crippen LogP contribution is 2.70. The van der Waals surface area contributed by atoms with Gasteiger partial charge in [0.2, 0.25) is 0 Å². The van der Waals surface area contributed by atoms with Crippen LogP contribution in [0.3, 0.4) is 0 Å². The lowest BCUT2D eigenvalue weighted by molar-refractivity contribution is -0.0496. The fourth-order valence-electron chi connectivity index (χ4n) is 2.59. The van der Waals surface area contributed by atoms with Gasteiger partial charge in [0.15, 0.2) is 0 Å². The summed E-state index contributed by atoms with van der Waals surface area (Å²) in [6.07, 6.45) is 0. The highest BCUT2D eigenvalue weighted by atomic mass is 32.3. The van der Waals surface area contributed by atoms with Crippen LogP contribution in [0.2, 0.25) is 0 Å². The van der Waals surface area contributed by atoms with E-state index in [1.807, 2.05) is 0 Å². The molecular weight excluding hydrogens is 429 g/mol. The summed E-state index contributed by atoms with van der Waals surface area (Å²) in [5.74, 6) is -0.306. The first kappa shape index (κ1) is 21.0. The zero-order chi connectivity index (χ0) is 21.3. The first-order valence-corrected chi connectivity index (χ1v) is 11.0. The Morgan fingerprint density at radius 2 is 1.03 bits per heavy atom. The standard InChI is InChI=1S/C19H15F3O5S2/c20-19(21,22)29(25,26)27-28(16-4-2-1-3-5-16,17-10-6-14(23)7-11-17)18-12-8-15(24)9-13-18/h1-13,23-24H. The Bertz CT molecular complexity index is 1040. The molecule has 0 aromatic heterocycles. The third kappa shape index (κ3) is 4.04. The van der Waals surface area contributed by atoms with Gasteiger partial charge in [0, 0.05) is 14.7 Å². The molecule has 0 saturated carbocycles. The predicted octanol–water partition coefficient (Wildman–Crippen LogP) is 5.16. The molecule has 0 saturated heterocycles. The van der Waals surface area contributed by atoms with E-state index in [0.717, 1.165) is 0 Å². The minimum Gasteiger partial charge on any atom is -0.508 e. The summed E-state index contributed by atoms with van der Waals surface area (Å²) in [7, 11) is -9.45. The van der Waals surface area contributed by atoms with Crippen molar-refractivity contribution in [2.45, 2.75) is 20.2 Å². The summed E-state index contributed by atoms with van der Waals surface area (Å²) in [6, 6.07) is 17.7. The Hall–Kier alpha value is -2.69. The number of phenolic OH excluding ortho intramolecular Hbond substituents is 2. The Morgan fingerprint density at radius 1 is 0.655 bits per heavy atom. The van der Waals surface area contributed by atoms with Gasteiger partial charge in [0.25, 0.3) is 0 Å². The van der Waals surface area contributed by atoms with Crippen LogP contribution in [0, 0.1) is 0 Å². The van der Waals surface area contributed by atoms with Crippen LogP contribution in [0.15, 0.2) is 93.5 Å². The van der Waals surface area contributed by atoms with Crippen molar-refractivity contribution < 1.29 is 35.4 Å². The summed E-state index contributed by atoms with van der Waals surface area (Å²) in [5, 5.41) is 19.2. The maximum absolute atomic E-state index is 13.3. The molecule has 0 fully saturated rings. The molecule has 0 heterocycles. The molecule has 0 bridgehead atoms. The van der Waals surface area contributed by atoms with E-state index in [1.54, 1.807) is 18.2 Å². The first-order valence-electron chi connectivity index (χ1n) is 8.05. The number of halogens is 3. The van der Waals surface area contributed by atoms with Gasteiger partial charge in [-0.05, 0) is 71.0 Å². The van der Waals surface area contributed by atoms with E-state index in [9.17, 15) is 31.8 Å². The molecule has 154 valence electrons. The number of hydrogen-bond acceptors (Lipinski definition) is 5.